The van der Waals surface area contributed by atoms with Gasteiger partial charge < -0.3 is 9.30 Å². The number of benzene rings is 2. The molecule has 1 heterocycles. The molecule has 0 atom stereocenters. The molecule has 0 aliphatic rings. The molecule has 2 aromatic carbocycles. The number of methoxy groups -OCH3 is 1. The Morgan fingerprint density at radius 1 is 1.00 bits per heavy atom. The number of carbonyl (C=O) groups is 2. The van der Waals surface area contributed by atoms with E-state index in [-0.39, 0.29) is 18.2 Å². The number of ketones is 1. The maximum absolute atomic E-state index is 12.7. The lowest BCUT2D eigenvalue weighted by Gasteiger charge is -2.06. The third kappa shape index (κ3) is 4.86. The molecule has 0 aliphatic heterocycles. The van der Waals surface area contributed by atoms with E-state index in [1.54, 1.807) is 0 Å². The number of carbonyl (C=O) groups excluding carboxylic acids is 2. The van der Waals surface area contributed by atoms with Crippen molar-refractivity contribution in [1.29, 1.82) is 0 Å². The highest BCUT2D eigenvalue weighted by atomic mass is 16.5. The third-order valence-electron chi connectivity index (χ3n) is 4.54. The Labute approximate surface area is 165 Å². The monoisotopic (exact) mass is 373 g/mol. The number of esters is 1. The summed E-state index contributed by atoms with van der Waals surface area (Å²) in [5.74, 6) is -0.229. The second kappa shape index (κ2) is 9.00. The Kier molecular flexibility index (Phi) is 6.22. The maximum atomic E-state index is 12.7. The van der Waals surface area contributed by atoms with Crippen molar-refractivity contribution in [3.8, 4) is 0 Å². The van der Waals surface area contributed by atoms with E-state index in [1.807, 2.05) is 90.5 Å². The van der Waals surface area contributed by atoms with Crippen molar-refractivity contribution in [2.75, 3.05) is 7.11 Å². The van der Waals surface area contributed by atoms with Crippen LogP contribution in [0.25, 0.3) is 6.08 Å². The Hall–Kier alpha value is -3.40. The normalized spacial score (nSPS) is 10.9. The molecular weight excluding hydrogens is 350 g/mol. The van der Waals surface area contributed by atoms with Crippen LogP contribution in [-0.2, 0) is 22.5 Å². The van der Waals surface area contributed by atoms with E-state index in [2.05, 4.69) is 4.74 Å². The van der Waals surface area contributed by atoms with Crippen molar-refractivity contribution in [3.63, 3.8) is 0 Å². The minimum atomic E-state index is -0.248. The van der Waals surface area contributed by atoms with Crippen LogP contribution in [0.2, 0.25) is 0 Å². The summed E-state index contributed by atoms with van der Waals surface area (Å²) in [5.41, 5.74) is 4.44. The summed E-state index contributed by atoms with van der Waals surface area (Å²) in [4.78, 5) is 24.0. The van der Waals surface area contributed by atoms with E-state index < -0.39 is 0 Å². The molecule has 0 saturated heterocycles. The number of allylic oxidation sites excluding steroid dienone is 1. The Morgan fingerprint density at radius 2 is 1.71 bits per heavy atom. The van der Waals surface area contributed by atoms with Crippen LogP contribution < -0.4 is 0 Å². The lowest BCUT2D eigenvalue weighted by atomic mass is 10.1. The molecule has 0 saturated carbocycles. The van der Waals surface area contributed by atoms with Crippen LogP contribution in [0, 0.1) is 6.92 Å². The summed E-state index contributed by atoms with van der Waals surface area (Å²) in [5, 5.41) is 0. The summed E-state index contributed by atoms with van der Waals surface area (Å²) in [7, 11) is 1.39. The van der Waals surface area contributed by atoms with Gasteiger partial charge in [0.25, 0.3) is 0 Å². The molecule has 4 heteroatoms. The van der Waals surface area contributed by atoms with Crippen molar-refractivity contribution >= 4 is 17.8 Å². The zero-order valence-electron chi connectivity index (χ0n) is 16.1. The van der Waals surface area contributed by atoms with Crippen molar-refractivity contribution in [2.45, 2.75) is 19.9 Å². The number of nitrogens with zero attached hydrogens (tertiary/aromatic N) is 1. The quantitative estimate of drug-likeness (QED) is 0.454. The summed E-state index contributed by atoms with van der Waals surface area (Å²) >= 11 is 0. The second-order valence-electron chi connectivity index (χ2n) is 6.64. The molecule has 0 fully saturated rings. The zero-order valence-corrected chi connectivity index (χ0v) is 16.1. The summed E-state index contributed by atoms with van der Waals surface area (Å²) in [6.07, 6.45) is 6.20. The molecule has 0 N–H and O–H groups in total. The van der Waals surface area contributed by atoms with E-state index >= 15 is 0 Å². The largest absolute Gasteiger partial charge is 0.469 e. The first kappa shape index (κ1) is 19.4. The lowest BCUT2D eigenvalue weighted by molar-refractivity contribution is -0.139. The van der Waals surface area contributed by atoms with Crippen molar-refractivity contribution in [3.05, 3.63) is 101 Å². The second-order valence-corrected chi connectivity index (χ2v) is 6.64. The van der Waals surface area contributed by atoms with Crippen LogP contribution in [-0.4, -0.2) is 23.4 Å². The number of aryl methyl sites for hydroxylation is 1. The fraction of sp³-hybridized carbons (Fsp3) is 0.167. The topological polar surface area (TPSA) is 48.3 Å². The van der Waals surface area contributed by atoms with Gasteiger partial charge in [-0.05, 0) is 30.2 Å². The number of rotatable bonds is 7. The van der Waals surface area contributed by atoms with Crippen LogP contribution in [0.3, 0.4) is 0 Å². The van der Waals surface area contributed by atoms with Crippen molar-refractivity contribution in [1.82, 2.24) is 4.57 Å². The van der Waals surface area contributed by atoms with Crippen LogP contribution in [0.5, 0.6) is 0 Å². The van der Waals surface area contributed by atoms with Gasteiger partial charge in [-0.2, -0.15) is 0 Å². The van der Waals surface area contributed by atoms with Gasteiger partial charge in [-0.1, -0.05) is 66.2 Å². The first-order valence-corrected chi connectivity index (χ1v) is 9.15. The van der Waals surface area contributed by atoms with E-state index in [4.69, 9.17) is 0 Å². The van der Waals surface area contributed by atoms with Crippen LogP contribution >= 0.6 is 0 Å². The minimum absolute atomic E-state index is 0.0190. The maximum Gasteiger partial charge on any atom is 0.309 e. The molecule has 0 unspecified atom stereocenters. The molecule has 0 aliphatic carbocycles. The van der Waals surface area contributed by atoms with Crippen molar-refractivity contribution < 1.29 is 14.3 Å². The Morgan fingerprint density at radius 3 is 2.39 bits per heavy atom. The summed E-state index contributed by atoms with van der Waals surface area (Å²) < 4.78 is 6.61. The van der Waals surface area contributed by atoms with Gasteiger partial charge in [-0.25, -0.2) is 0 Å². The zero-order chi connectivity index (χ0) is 19.9. The summed E-state index contributed by atoms with van der Waals surface area (Å²) in [6, 6.07) is 19.1. The van der Waals surface area contributed by atoms with Gasteiger partial charge in [-0.3, -0.25) is 9.59 Å². The van der Waals surface area contributed by atoms with Crippen LogP contribution in [0.15, 0.2) is 72.9 Å². The number of hydrogen-bond donors (Lipinski definition) is 0. The van der Waals surface area contributed by atoms with Gasteiger partial charge in [-0.15, -0.1) is 0 Å². The molecule has 0 amide bonds. The molecule has 0 bridgehead atoms. The molecule has 28 heavy (non-hydrogen) atoms. The van der Waals surface area contributed by atoms with Crippen molar-refractivity contribution in [2.24, 2.45) is 0 Å². The lowest BCUT2D eigenvalue weighted by Crippen LogP contribution is -2.09. The SMILES string of the molecule is COC(=O)Cc1ccc(C=CCn2cccc2C(=O)c2ccc(C)cc2)cc1. The third-order valence-corrected chi connectivity index (χ3v) is 4.54. The van der Waals surface area contributed by atoms with Gasteiger partial charge in [0.1, 0.15) is 0 Å². The molecular formula is C24H23NO3. The Bertz CT molecular complexity index is 979. The van der Waals surface area contributed by atoms with Crippen LogP contribution in [0.1, 0.15) is 32.7 Å². The smallest absolute Gasteiger partial charge is 0.309 e. The average Bonchev–Trinajstić information content (AvgIpc) is 3.18. The predicted molar refractivity (Wildman–Crippen MR) is 110 cm³/mol. The minimum Gasteiger partial charge on any atom is -0.469 e. The average molecular weight is 373 g/mol. The van der Waals surface area contributed by atoms with Gasteiger partial charge in [0, 0.05) is 18.3 Å². The van der Waals surface area contributed by atoms with E-state index in [0.29, 0.717) is 17.8 Å². The first-order valence-electron chi connectivity index (χ1n) is 9.15. The molecule has 3 rings (SSSR count). The highest BCUT2D eigenvalue weighted by Gasteiger charge is 2.12. The number of ether oxygens (including phenoxy) is 1. The fourth-order valence-electron chi connectivity index (χ4n) is 2.92. The first-order chi connectivity index (χ1) is 13.6. The Balaban J connectivity index is 1.65. The molecule has 142 valence electrons. The molecule has 1 aromatic heterocycles. The highest BCUT2D eigenvalue weighted by Crippen LogP contribution is 2.13. The van der Waals surface area contributed by atoms with E-state index in [0.717, 1.165) is 16.7 Å². The fourth-order valence-corrected chi connectivity index (χ4v) is 2.92. The van der Waals surface area contributed by atoms with Gasteiger partial charge in [0.2, 0.25) is 5.78 Å². The van der Waals surface area contributed by atoms with Gasteiger partial charge >= 0.3 is 5.97 Å². The van der Waals surface area contributed by atoms with Gasteiger partial charge in [0.05, 0.1) is 19.2 Å². The van der Waals surface area contributed by atoms with E-state index in [9.17, 15) is 9.59 Å². The molecule has 3 aromatic rings. The van der Waals surface area contributed by atoms with Gasteiger partial charge in [0.15, 0.2) is 0 Å². The molecule has 0 spiro atoms. The predicted octanol–water partition coefficient (Wildman–Crippen LogP) is 4.46. The van der Waals surface area contributed by atoms with Crippen LogP contribution in [0.4, 0.5) is 0 Å². The molecule has 0 radical (unpaired) electrons. The number of aromatic nitrogens is 1. The summed E-state index contributed by atoms with van der Waals surface area (Å²) in [6.45, 7) is 2.60. The standard InChI is InChI=1S/C24H23NO3/c1-18-7-13-21(14-8-18)24(27)22-6-4-16-25(22)15-3-5-19-9-11-20(12-10-19)17-23(26)28-2/h3-14,16H,15,17H2,1-2H3. The van der Waals surface area contributed by atoms with E-state index in [1.165, 1.54) is 7.11 Å². The number of hydrogen-bond acceptors (Lipinski definition) is 3. The highest BCUT2D eigenvalue weighted by molar-refractivity contribution is 6.08. The molecule has 4 nitrogen and oxygen atoms in total.